The van der Waals surface area contributed by atoms with Gasteiger partial charge in [-0.25, -0.2) is 4.99 Å². The van der Waals surface area contributed by atoms with Gasteiger partial charge < -0.3 is 5.11 Å². The minimum absolute atomic E-state index is 0.212. The van der Waals surface area contributed by atoms with Crippen LogP contribution in [0.3, 0.4) is 0 Å². The summed E-state index contributed by atoms with van der Waals surface area (Å²) in [5.74, 6) is 0.212. The van der Waals surface area contributed by atoms with Crippen molar-refractivity contribution in [2.75, 3.05) is 0 Å². The Balaban J connectivity index is 1.98. The van der Waals surface area contributed by atoms with E-state index in [0.717, 1.165) is 35.4 Å². The summed E-state index contributed by atoms with van der Waals surface area (Å²) in [7, 11) is 0. The van der Waals surface area contributed by atoms with Gasteiger partial charge in [0.15, 0.2) is 0 Å². The largest absolute Gasteiger partial charge is 0.507 e. The molecule has 0 atom stereocenters. The Morgan fingerprint density at radius 1 is 1.33 bits per heavy atom. The van der Waals surface area contributed by atoms with Gasteiger partial charge in [0, 0.05) is 16.7 Å². The van der Waals surface area contributed by atoms with Crippen molar-refractivity contribution in [2.24, 2.45) is 4.99 Å². The molecule has 21 heavy (non-hydrogen) atoms. The van der Waals surface area contributed by atoms with E-state index in [9.17, 15) is 10.4 Å². The highest BCUT2D eigenvalue weighted by Gasteiger charge is 2.20. The molecule has 2 aromatic rings. The standard InChI is InChI=1S/C17H16N2OS/c1-11-6-7-15(20)12(8-11)10-19-17-14(9-18)13-4-2-3-5-16(13)21-17/h6-8,10,20H,2-5H2,1H3. The molecule has 0 fully saturated rings. The van der Waals surface area contributed by atoms with Gasteiger partial charge in [-0.1, -0.05) is 11.6 Å². The van der Waals surface area contributed by atoms with Crippen LogP contribution in [0.2, 0.25) is 0 Å². The summed E-state index contributed by atoms with van der Waals surface area (Å²) in [6.07, 6.45) is 6.04. The van der Waals surface area contributed by atoms with Crippen molar-refractivity contribution < 1.29 is 5.11 Å². The highest BCUT2D eigenvalue weighted by atomic mass is 32.1. The van der Waals surface area contributed by atoms with Crippen molar-refractivity contribution in [3.8, 4) is 11.8 Å². The molecule has 0 unspecified atom stereocenters. The Morgan fingerprint density at radius 2 is 2.14 bits per heavy atom. The molecule has 0 saturated carbocycles. The fourth-order valence-corrected chi connectivity index (χ4v) is 3.85. The monoisotopic (exact) mass is 296 g/mol. The van der Waals surface area contributed by atoms with Crippen molar-refractivity contribution in [1.82, 2.24) is 0 Å². The summed E-state index contributed by atoms with van der Waals surface area (Å²) in [4.78, 5) is 5.77. The Bertz CT molecular complexity index is 753. The molecule has 1 N–H and O–H groups in total. The summed E-state index contributed by atoms with van der Waals surface area (Å²) >= 11 is 1.61. The maximum Gasteiger partial charge on any atom is 0.134 e. The minimum Gasteiger partial charge on any atom is -0.507 e. The molecule has 0 aliphatic heterocycles. The molecular formula is C17H16N2OS. The van der Waals surface area contributed by atoms with Crippen molar-refractivity contribution >= 4 is 22.6 Å². The number of nitrogens with zero attached hydrogens (tertiary/aromatic N) is 2. The molecule has 1 heterocycles. The normalized spacial score (nSPS) is 14.1. The van der Waals surface area contributed by atoms with E-state index in [-0.39, 0.29) is 5.75 Å². The summed E-state index contributed by atoms with van der Waals surface area (Å²) in [6.45, 7) is 1.97. The van der Waals surface area contributed by atoms with Gasteiger partial charge in [-0.3, -0.25) is 0 Å². The SMILES string of the molecule is Cc1ccc(O)c(C=Nc2sc3c(c2C#N)CCCC3)c1. The number of hydrogen-bond acceptors (Lipinski definition) is 4. The number of benzene rings is 1. The van der Waals surface area contributed by atoms with E-state index in [1.54, 1.807) is 23.6 Å². The lowest BCUT2D eigenvalue weighted by Crippen LogP contribution is -1.99. The van der Waals surface area contributed by atoms with Crippen LogP contribution >= 0.6 is 11.3 Å². The zero-order valence-electron chi connectivity index (χ0n) is 11.9. The summed E-state index contributed by atoms with van der Waals surface area (Å²) in [5, 5.41) is 20.0. The third kappa shape index (κ3) is 2.70. The quantitative estimate of drug-likeness (QED) is 0.842. The van der Waals surface area contributed by atoms with Crippen LogP contribution in [0, 0.1) is 18.3 Å². The predicted molar refractivity (Wildman–Crippen MR) is 85.8 cm³/mol. The second-order valence-electron chi connectivity index (χ2n) is 5.32. The lowest BCUT2D eigenvalue weighted by molar-refractivity contribution is 0.474. The number of thiophene rings is 1. The van der Waals surface area contributed by atoms with Crippen LogP contribution in [-0.4, -0.2) is 11.3 Å². The van der Waals surface area contributed by atoms with Crippen molar-refractivity contribution in [2.45, 2.75) is 32.6 Å². The highest BCUT2D eigenvalue weighted by Crippen LogP contribution is 2.39. The maximum atomic E-state index is 9.85. The number of aromatic hydroxyl groups is 1. The van der Waals surface area contributed by atoms with Crippen LogP contribution in [0.5, 0.6) is 5.75 Å². The Kier molecular flexibility index (Phi) is 3.76. The van der Waals surface area contributed by atoms with E-state index < -0.39 is 0 Å². The Hall–Kier alpha value is -2.12. The fraction of sp³-hybridized carbons (Fsp3) is 0.294. The average molecular weight is 296 g/mol. The van der Waals surface area contributed by atoms with Crippen LogP contribution in [-0.2, 0) is 12.8 Å². The third-order valence-corrected chi connectivity index (χ3v) is 4.97. The third-order valence-electron chi connectivity index (χ3n) is 3.77. The van der Waals surface area contributed by atoms with Crippen LogP contribution < -0.4 is 0 Å². The maximum absolute atomic E-state index is 9.85. The lowest BCUT2D eigenvalue weighted by atomic mass is 9.96. The number of phenols is 1. The molecule has 1 aliphatic carbocycles. The van der Waals surface area contributed by atoms with Crippen LogP contribution in [0.15, 0.2) is 23.2 Å². The minimum atomic E-state index is 0.212. The van der Waals surface area contributed by atoms with Crippen LogP contribution in [0.4, 0.5) is 5.00 Å². The summed E-state index contributed by atoms with van der Waals surface area (Å²) in [6, 6.07) is 7.71. The Labute approximate surface area is 128 Å². The van der Waals surface area contributed by atoms with Gasteiger partial charge in [-0.15, -0.1) is 11.3 Å². The zero-order chi connectivity index (χ0) is 14.8. The van der Waals surface area contributed by atoms with E-state index >= 15 is 0 Å². The van der Waals surface area contributed by atoms with Crippen LogP contribution in [0.1, 0.15) is 40.0 Å². The van der Waals surface area contributed by atoms with Gasteiger partial charge in [0.1, 0.15) is 16.8 Å². The molecule has 0 saturated heterocycles. The van der Waals surface area contributed by atoms with E-state index in [2.05, 4.69) is 11.1 Å². The molecular weight excluding hydrogens is 280 g/mol. The Morgan fingerprint density at radius 3 is 2.95 bits per heavy atom. The van der Waals surface area contributed by atoms with Gasteiger partial charge in [0.05, 0.1) is 5.56 Å². The average Bonchev–Trinajstić information content (AvgIpc) is 2.85. The lowest BCUT2D eigenvalue weighted by Gasteiger charge is -2.09. The molecule has 3 rings (SSSR count). The van der Waals surface area contributed by atoms with Gasteiger partial charge >= 0.3 is 0 Å². The van der Waals surface area contributed by atoms with E-state index in [1.807, 2.05) is 19.1 Å². The molecule has 1 aromatic carbocycles. The number of fused-ring (bicyclic) bond motifs is 1. The number of phenolic OH excluding ortho intramolecular Hbond substituents is 1. The first kappa shape index (κ1) is 13.8. The molecule has 1 aromatic heterocycles. The molecule has 3 nitrogen and oxygen atoms in total. The number of nitriles is 1. The summed E-state index contributed by atoms with van der Waals surface area (Å²) < 4.78 is 0. The van der Waals surface area contributed by atoms with Crippen molar-refractivity contribution in [3.05, 3.63) is 45.3 Å². The second-order valence-corrected chi connectivity index (χ2v) is 6.41. The van der Waals surface area contributed by atoms with Gasteiger partial charge in [0.2, 0.25) is 0 Å². The molecule has 1 aliphatic rings. The van der Waals surface area contributed by atoms with Crippen molar-refractivity contribution in [3.63, 3.8) is 0 Å². The van der Waals surface area contributed by atoms with Gasteiger partial charge in [-0.2, -0.15) is 5.26 Å². The van der Waals surface area contributed by atoms with E-state index in [4.69, 9.17) is 0 Å². The summed E-state index contributed by atoms with van der Waals surface area (Å²) in [5.41, 5.74) is 3.66. The van der Waals surface area contributed by atoms with Crippen LogP contribution in [0.25, 0.3) is 0 Å². The molecule has 0 radical (unpaired) electrons. The first-order valence-corrected chi connectivity index (χ1v) is 7.89. The second kappa shape index (κ2) is 5.71. The smallest absolute Gasteiger partial charge is 0.134 e. The number of hydrogen-bond donors (Lipinski definition) is 1. The van der Waals surface area contributed by atoms with E-state index in [1.165, 1.54) is 16.9 Å². The fourth-order valence-electron chi connectivity index (χ4n) is 2.66. The van der Waals surface area contributed by atoms with Crippen molar-refractivity contribution in [1.29, 1.82) is 5.26 Å². The number of aryl methyl sites for hydroxylation is 2. The molecule has 4 heteroatoms. The van der Waals surface area contributed by atoms with Gasteiger partial charge in [0.25, 0.3) is 0 Å². The topological polar surface area (TPSA) is 56.4 Å². The zero-order valence-corrected chi connectivity index (χ0v) is 12.7. The molecule has 0 bridgehead atoms. The predicted octanol–water partition coefficient (Wildman–Crippen LogP) is 4.26. The molecule has 0 spiro atoms. The van der Waals surface area contributed by atoms with E-state index in [0.29, 0.717) is 5.56 Å². The number of aliphatic imine (C=N–C) groups is 1. The molecule has 106 valence electrons. The first-order chi connectivity index (χ1) is 10.2. The highest BCUT2D eigenvalue weighted by molar-refractivity contribution is 7.16. The molecule has 0 amide bonds. The first-order valence-electron chi connectivity index (χ1n) is 7.07. The number of rotatable bonds is 2. The van der Waals surface area contributed by atoms with Gasteiger partial charge in [-0.05, 0) is 50.3 Å².